The summed E-state index contributed by atoms with van der Waals surface area (Å²) < 4.78 is 39.7. The fraction of sp³-hybridized carbons (Fsp3) is 0.211. The number of halogens is 2. The number of benzene rings is 2. The zero-order chi connectivity index (χ0) is 18.3. The molecule has 3 nitrogen and oxygen atoms in total. The average Bonchev–Trinajstić information content (AvgIpc) is 3.28. The maximum Gasteiger partial charge on any atom is 0.190 e. The second-order valence-electron chi connectivity index (χ2n) is 6.40. The largest absolute Gasteiger partial charge is 0.235 e. The molecule has 3 aromatic rings. The highest BCUT2D eigenvalue weighted by molar-refractivity contribution is 7.93. The van der Waals surface area contributed by atoms with Crippen molar-refractivity contribution in [3.05, 3.63) is 59.4 Å². The van der Waals surface area contributed by atoms with Gasteiger partial charge in [-0.3, -0.25) is 0 Å². The van der Waals surface area contributed by atoms with Crippen LogP contribution in [0.3, 0.4) is 0 Å². The molecular formula is C19H15ClFNO2S2. The number of hydrogen-bond donors (Lipinski definition) is 0. The van der Waals surface area contributed by atoms with Crippen molar-refractivity contribution in [1.29, 1.82) is 0 Å². The molecule has 0 unspecified atom stereocenters. The molecule has 26 heavy (non-hydrogen) atoms. The molecule has 0 N–H and O–H groups in total. The first-order valence-corrected chi connectivity index (χ1v) is 11.0. The third-order valence-electron chi connectivity index (χ3n) is 4.22. The molecule has 1 aromatic heterocycles. The van der Waals surface area contributed by atoms with E-state index in [-0.39, 0.29) is 21.7 Å². The lowest BCUT2D eigenvalue weighted by Gasteiger charge is -2.04. The molecule has 2 aromatic carbocycles. The molecule has 0 aliphatic heterocycles. The summed E-state index contributed by atoms with van der Waals surface area (Å²) in [6.07, 6.45) is 1.90. The SMILES string of the molecule is O=S(=O)(CC1CC1)c1sc(-c2cccc(F)c2)nc1-c1ccc(Cl)cc1. The maximum atomic E-state index is 13.6. The highest BCUT2D eigenvalue weighted by Gasteiger charge is 2.33. The third kappa shape index (κ3) is 3.68. The van der Waals surface area contributed by atoms with Crippen LogP contribution >= 0.6 is 22.9 Å². The standard InChI is InChI=1S/C19H15ClFNO2S2/c20-15-8-6-13(7-9-15)17-19(26(23,24)11-12-4-5-12)25-18(22-17)14-2-1-3-16(21)10-14/h1-3,6-10,12H,4-5,11H2. The highest BCUT2D eigenvalue weighted by Crippen LogP contribution is 2.40. The van der Waals surface area contributed by atoms with Crippen molar-refractivity contribution in [3.8, 4) is 21.8 Å². The van der Waals surface area contributed by atoms with E-state index in [0.29, 0.717) is 26.9 Å². The first-order chi connectivity index (χ1) is 12.4. The van der Waals surface area contributed by atoms with Gasteiger partial charge in [0.2, 0.25) is 0 Å². The molecule has 7 heteroatoms. The van der Waals surface area contributed by atoms with Crippen molar-refractivity contribution in [2.75, 3.05) is 5.75 Å². The minimum atomic E-state index is -3.45. The topological polar surface area (TPSA) is 47.0 Å². The second kappa shape index (κ2) is 6.76. The van der Waals surface area contributed by atoms with E-state index in [0.717, 1.165) is 24.2 Å². The molecule has 0 bridgehead atoms. The van der Waals surface area contributed by atoms with E-state index in [1.165, 1.54) is 12.1 Å². The van der Waals surface area contributed by atoms with Crippen LogP contribution in [0.15, 0.2) is 52.7 Å². The fourth-order valence-electron chi connectivity index (χ4n) is 2.72. The summed E-state index contributed by atoms with van der Waals surface area (Å²) in [7, 11) is -3.45. The van der Waals surface area contributed by atoms with E-state index >= 15 is 0 Å². The quantitative estimate of drug-likeness (QED) is 0.564. The van der Waals surface area contributed by atoms with Crippen LogP contribution < -0.4 is 0 Å². The Morgan fingerprint density at radius 3 is 2.50 bits per heavy atom. The van der Waals surface area contributed by atoms with E-state index < -0.39 is 9.84 Å². The predicted molar refractivity (Wildman–Crippen MR) is 103 cm³/mol. The van der Waals surface area contributed by atoms with Crippen LogP contribution in [0.5, 0.6) is 0 Å². The lowest BCUT2D eigenvalue weighted by atomic mass is 10.2. The van der Waals surface area contributed by atoms with Crippen LogP contribution in [-0.2, 0) is 9.84 Å². The van der Waals surface area contributed by atoms with Crippen LogP contribution in [-0.4, -0.2) is 19.2 Å². The summed E-state index contributed by atoms with van der Waals surface area (Å²) in [6.45, 7) is 0. The fourth-order valence-corrected chi connectivity index (χ4v) is 6.18. The van der Waals surface area contributed by atoms with Gasteiger partial charge in [0, 0.05) is 16.1 Å². The Morgan fingerprint density at radius 1 is 1.12 bits per heavy atom. The summed E-state index contributed by atoms with van der Waals surface area (Å²) in [6, 6.07) is 12.9. The van der Waals surface area contributed by atoms with Crippen LogP contribution in [0.2, 0.25) is 5.02 Å². The van der Waals surface area contributed by atoms with Gasteiger partial charge in [-0.15, -0.1) is 11.3 Å². The van der Waals surface area contributed by atoms with E-state index in [9.17, 15) is 12.8 Å². The monoisotopic (exact) mass is 407 g/mol. The smallest absolute Gasteiger partial charge is 0.190 e. The average molecular weight is 408 g/mol. The highest BCUT2D eigenvalue weighted by atomic mass is 35.5. The Hall–Kier alpha value is -1.76. The molecular weight excluding hydrogens is 393 g/mol. The van der Waals surface area contributed by atoms with Gasteiger partial charge in [-0.1, -0.05) is 35.9 Å². The molecule has 0 amide bonds. The van der Waals surface area contributed by atoms with Gasteiger partial charge in [-0.25, -0.2) is 17.8 Å². The number of rotatable bonds is 5. The molecule has 1 aliphatic rings. The summed E-state index contributed by atoms with van der Waals surface area (Å²) in [5, 5.41) is 1.06. The van der Waals surface area contributed by atoms with Crippen molar-refractivity contribution in [2.45, 2.75) is 17.1 Å². The normalized spacial score (nSPS) is 14.5. The second-order valence-corrected chi connectivity index (χ2v) is 10.1. The van der Waals surface area contributed by atoms with Gasteiger partial charge in [0.05, 0.1) is 5.75 Å². The lowest BCUT2D eigenvalue weighted by molar-refractivity contribution is 0.594. The van der Waals surface area contributed by atoms with Gasteiger partial charge in [0.1, 0.15) is 20.7 Å². The van der Waals surface area contributed by atoms with E-state index in [1.807, 2.05) is 0 Å². The lowest BCUT2D eigenvalue weighted by Crippen LogP contribution is -2.07. The Labute approximate surface area is 160 Å². The minimum absolute atomic E-state index is 0.137. The number of sulfone groups is 1. The Morgan fingerprint density at radius 2 is 1.85 bits per heavy atom. The van der Waals surface area contributed by atoms with Gasteiger partial charge in [0.15, 0.2) is 9.84 Å². The van der Waals surface area contributed by atoms with Gasteiger partial charge >= 0.3 is 0 Å². The van der Waals surface area contributed by atoms with Crippen LogP contribution in [0.1, 0.15) is 12.8 Å². The van der Waals surface area contributed by atoms with Crippen molar-refractivity contribution >= 4 is 32.8 Å². The molecule has 4 rings (SSSR count). The Balaban J connectivity index is 1.86. The third-order valence-corrected chi connectivity index (χ3v) is 8.05. The summed E-state index contributed by atoms with van der Waals surface area (Å²) in [4.78, 5) is 4.55. The molecule has 1 saturated carbocycles. The van der Waals surface area contributed by atoms with Gasteiger partial charge in [0.25, 0.3) is 0 Å². The van der Waals surface area contributed by atoms with E-state index in [4.69, 9.17) is 11.6 Å². The van der Waals surface area contributed by atoms with Crippen molar-refractivity contribution in [1.82, 2.24) is 4.98 Å². The number of nitrogens with zero attached hydrogens (tertiary/aromatic N) is 1. The first kappa shape index (κ1) is 17.6. The van der Waals surface area contributed by atoms with Crippen LogP contribution in [0, 0.1) is 11.7 Å². The number of hydrogen-bond acceptors (Lipinski definition) is 4. The minimum Gasteiger partial charge on any atom is -0.235 e. The zero-order valence-electron chi connectivity index (χ0n) is 13.7. The van der Waals surface area contributed by atoms with Crippen molar-refractivity contribution < 1.29 is 12.8 Å². The molecule has 0 saturated heterocycles. The van der Waals surface area contributed by atoms with Gasteiger partial charge < -0.3 is 0 Å². The van der Waals surface area contributed by atoms with Crippen LogP contribution in [0.25, 0.3) is 21.8 Å². The van der Waals surface area contributed by atoms with Gasteiger partial charge in [-0.2, -0.15) is 0 Å². The molecule has 134 valence electrons. The molecule has 1 heterocycles. The van der Waals surface area contributed by atoms with Crippen molar-refractivity contribution in [3.63, 3.8) is 0 Å². The zero-order valence-corrected chi connectivity index (χ0v) is 16.0. The molecule has 0 atom stereocenters. The first-order valence-electron chi connectivity index (χ1n) is 8.18. The molecule has 0 spiro atoms. The predicted octanol–water partition coefficient (Wildman–Crippen LogP) is 5.45. The number of aromatic nitrogens is 1. The number of thiazole rings is 1. The van der Waals surface area contributed by atoms with Crippen LogP contribution in [0.4, 0.5) is 4.39 Å². The van der Waals surface area contributed by atoms with Crippen molar-refractivity contribution in [2.24, 2.45) is 5.92 Å². The maximum absolute atomic E-state index is 13.6. The van der Waals surface area contributed by atoms with E-state index in [2.05, 4.69) is 4.98 Å². The molecule has 1 fully saturated rings. The van der Waals surface area contributed by atoms with Gasteiger partial charge in [-0.05, 0) is 43.0 Å². The summed E-state index contributed by atoms with van der Waals surface area (Å²) in [5.74, 6) is -0.0100. The molecule has 0 radical (unpaired) electrons. The molecule has 1 aliphatic carbocycles. The Bertz CT molecular complexity index is 1060. The summed E-state index contributed by atoms with van der Waals surface area (Å²) in [5.41, 5.74) is 1.66. The van der Waals surface area contributed by atoms with E-state index in [1.54, 1.807) is 36.4 Å². The summed E-state index contributed by atoms with van der Waals surface area (Å²) >= 11 is 7.05. The Kier molecular flexibility index (Phi) is 4.59.